The Kier molecular flexibility index (Phi) is 115. The van der Waals surface area contributed by atoms with Crippen LogP contribution in [-0.2, 0) is 16.8 Å². The zero-order chi connectivity index (χ0) is 2.00. The zero-order valence-electron chi connectivity index (χ0n) is 3.32. The summed E-state index contributed by atoms with van der Waals surface area (Å²) in [5.41, 5.74) is 0. The summed E-state index contributed by atoms with van der Waals surface area (Å²) in [7, 11) is 0. The molecule has 0 aliphatic rings. The van der Waals surface area contributed by atoms with Crippen molar-refractivity contribution in [1.29, 1.82) is 0 Å². The van der Waals surface area contributed by atoms with Crippen LogP contribution in [0.3, 0.4) is 0 Å². The van der Waals surface area contributed by atoms with Gasteiger partial charge in [0.25, 0.3) is 0 Å². The molecule has 0 nitrogen and oxygen atoms in total. The Morgan fingerprint density at radius 3 is 1.20 bits per heavy atom. The third-order valence-corrected chi connectivity index (χ3v) is 0. The van der Waals surface area contributed by atoms with E-state index in [4.69, 9.17) is 0 Å². The molecule has 0 aromatic rings. The van der Waals surface area contributed by atoms with Crippen LogP contribution >= 0.6 is 0 Å². The zero-order valence-corrected chi connectivity index (χ0v) is 22.9. The van der Waals surface area contributed by atoms with Gasteiger partial charge in [0.05, 0.1) is 0 Å². The Morgan fingerprint density at radius 1 is 1.20 bits per heavy atom. The molecule has 0 aromatic carbocycles. The van der Waals surface area contributed by atoms with Crippen LogP contribution in [0.1, 0.15) is 0 Å². The molecule has 0 amide bonds. The fourth-order valence-electron chi connectivity index (χ4n) is 0. The topological polar surface area (TPSA) is 0 Å². The standard InChI is InChI=1S/Bi.Co.In.Sb.Sn.9H. The van der Waals surface area contributed by atoms with Gasteiger partial charge in [-0.2, -0.15) is 0 Å². The summed E-state index contributed by atoms with van der Waals surface area (Å²) in [5, 5.41) is 0. The molecule has 0 atom stereocenters. The molecular weight excluding hydrogens is 623 g/mol. The first-order valence-corrected chi connectivity index (χ1v) is 26.0. The SMILES string of the molecule is [BiH3].[Co].[InH2][SbH2].[SnH2]. The van der Waals surface area contributed by atoms with E-state index in [-0.39, 0.29) is 66.9 Å². The second-order valence-electron chi connectivity index (χ2n) is 0. The predicted octanol–water partition coefficient (Wildman–Crippen LogP) is -3.94. The van der Waals surface area contributed by atoms with Crippen LogP contribution in [-0.4, -0.2) is 88.7 Å². The fourth-order valence-corrected chi connectivity index (χ4v) is 0. The van der Waals surface area contributed by atoms with E-state index in [9.17, 15) is 0 Å². The molecule has 5 heavy (non-hydrogen) atoms. The van der Waals surface area contributed by atoms with Crippen LogP contribution in [0.2, 0.25) is 0 Å². The van der Waals surface area contributed by atoms with Gasteiger partial charge in [-0.15, -0.1) is 0 Å². The maximum absolute atomic E-state index is 1.56. The molecule has 0 saturated heterocycles. The normalized spacial score (nSPS) is 1.00. The first-order valence-electron chi connectivity index (χ1n) is 0.577. The van der Waals surface area contributed by atoms with Gasteiger partial charge in [0.1, 0.15) is 0 Å². The first kappa shape index (κ1) is 23.2. The fraction of sp³-hybridized carbons (Fsp3) is 0. The Labute approximate surface area is 103 Å². The molecule has 0 fully saturated rings. The molecule has 0 aliphatic heterocycles. The molecule has 0 bridgehead atoms. The van der Waals surface area contributed by atoms with Gasteiger partial charge in [-0.3, -0.25) is 0 Å². The average molecular weight is 632 g/mol. The van der Waals surface area contributed by atoms with Gasteiger partial charge in [0.2, 0.25) is 0 Å². The van der Waals surface area contributed by atoms with Crippen molar-refractivity contribution in [1.82, 2.24) is 0 Å². The Balaban J connectivity index is -0.00000000167. The molecule has 5 heteroatoms. The van der Waals surface area contributed by atoms with Crippen LogP contribution in [0, 0.1) is 0 Å². The molecule has 0 heterocycles. The molecule has 0 unspecified atom stereocenters. The van der Waals surface area contributed by atoms with Crippen molar-refractivity contribution >= 4 is 88.7 Å². The van der Waals surface area contributed by atoms with E-state index in [2.05, 4.69) is 0 Å². The summed E-state index contributed by atoms with van der Waals surface area (Å²) in [6, 6.07) is 0. The molecule has 0 spiro atoms. The van der Waals surface area contributed by atoms with E-state index in [1.165, 1.54) is 0 Å². The summed E-state index contributed by atoms with van der Waals surface area (Å²) in [5.74, 6) is 0. The first-order chi connectivity index (χ1) is 1.00. The van der Waals surface area contributed by atoms with E-state index < -0.39 is 0 Å². The van der Waals surface area contributed by atoms with E-state index in [1.54, 1.807) is 18.5 Å². The Morgan fingerprint density at radius 2 is 1.20 bits per heavy atom. The van der Waals surface area contributed by atoms with E-state index in [1.807, 2.05) is 0 Å². The van der Waals surface area contributed by atoms with Crippen LogP contribution in [0.5, 0.6) is 0 Å². The second kappa shape index (κ2) is 24.8. The van der Waals surface area contributed by atoms with Crippen molar-refractivity contribution in [3.63, 3.8) is 0 Å². The molecule has 3 radical (unpaired) electrons. The summed E-state index contributed by atoms with van der Waals surface area (Å²) >= 11 is 2.64. The van der Waals surface area contributed by atoms with Gasteiger partial charge in [0.15, 0.2) is 0 Å². The van der Waals surface area contributed by atoms with E-state index >= 15 is 0 Å². The van der Waals surface area contributed by atoms with Crippen molar-refractivity contribution < 1.29 is 16.8 Å². The van der Waals surface area contributed by atoms with Gasteiger partial charge in [-0.1, -0.05) is 0 Å². The Bertz CT molecular complexity index is 11.6. The summed E-state index contributed by atoms with van der Waals surface area (Å²) in [6.07, 6.45) is 0. The van der Waals surface area contributed by atoms with Crippen molar-refractivity contribution in [3.05, 3.63) is 0 Å². The van der Waals surface area contributed by atoms with Gasteiger partial charge in [0, 0.05) is 16.8 Å². The third-order valence-electron chi connectivity index (χ3n) is 0. The van der Waals surface area contributed by atoms with Crippen LogP contribution < -0.4 is 0 Å². The van der Waals surface area contributed by atoms with Crippen LogP contribution in [0.25, 0.3) is 0 Å². The van der Waals surface area contributed by atoms with Crippen LogP contribution in [0.4, 0.5) is 0 Å². The van der Waals surface area contributed by atoms with Crippen molar-refractivity contribution in [3.8, 4) is 0 Å². The minimum absolute atomic E-state index is 0. The number of hydrogen-bond donors (Lipinski definition) is 0. The average Bonchev–Trinajstić information content (AvgIpc) is 1.00. The number of rotatable bonds is 0. The molecule has 0 rings (SSSR count). The van der Waals surface area contributed by atoms with Crippen molar-refractivity contribution in [2.24, 2.45) is 0 Å². The molecule has 0 aliphatic carbocycles. The quantitative estimate of drug-likeness (QED) is 0.240. The van der Waals surface area contributed by atoms with Crippen molar-refractivity contribution in [2.75, 3.05) is 0 Å². The predicted molar refractivity (Wildman–Crippen MR) is 35.6 cm³/mol. The van der Waals surface area contributed by atoms with E-state index in [0.717, 1.165) is 20.1 Å². The minimum atomic E-state index is 0. The molecular formula is H9BiCoInSbSn. The maximum atomic E-state index is 1.56. The molecule has 0 saturated carbocycles. The number of hydrogen-bond acceptors (Lipinski definition) is 0. The molecule has 0 N–H and O–H groups in total. The Hall–Kier alpha value is 3.88. The van der Waals surface area contributed by atoms with Crippen molar-refractivity contribution in [2.45, 2.75) is 0 Å². The molecule has 0 aromatic heterocycles. The summed E-state index contributed by atoms with van der Waals surface area (Å²) < 4.78 is 0. The van der Waals surface area contributed by atoms with Crippen LogP contribution in [0.15, 0.2) is 0 Å². The van der Waals surface area contributed by atoms with Gasteiger partial charge >= 0.3 is 88.7 Å². The molecule has 35 valence electrons. The second-order valence-corrected chi connectivity index (χ2v) is 0. The summed E-state index contributed by atoms with van der Waals surface area (Å²) in [4.78, 5) is 0. The van der Waals surface area contributed by atoms with E-state index in [0.29, 0.717) is 0 Å². The van der Waals surface area contributed by atoms with Gasteiger partial charge < -0.3 is 0 Å². The van der Waals surface area contributed by atoms with Gasteiger partial charge in [-0.05, 0) is 0 Å². The monoisotopic (exact) mass is 633 g/mol. The third kappa shape index (κ3) is 18.1. The van der Waals surface area contributed by atoms with Gasteiger partial charge in [-0.25, -0.2) is 0 Å². The summed E-state index contributed by atoms with van der Waals surface area (Å²) in [6.45, 7) is 0.